The van der Waals surface area contributed by atoms with Crippen LogP contribution in [0.25, 0.3) is 0 Å². The average molecular weight is 523 g/mol. The van der Waals surface area contributed by atoms with Gasteiger partial charge < -0.3 is 15.2 Å². The lowest BCUT2D eigenvalue weighted by Crippen LogP contribution is -2.53. The minimum atomic E-state index is -0.888. The SMILES string of the molecule is CCCCCCCC1OC(=O)C[C@@H](O)[C@H](Cc2ccccc2)N(C)CC(Cc2ccccc2)NC(=O)[C@H]1C. The number of carbonyl (C=O) groups is 2. The molecule has 208 valence electrons. The quantitative estimate of drug-likeness (QED) is 0.342. The number of carbonyl (C=O) groups excluding carboxylic acids is 2. The summed E-state index contributed by atoms with van der Waals surface area (Å²) in [6.07, 6.45) is 5.89. The Kier molecular flexibility index (Phi) is 12.3. The molecule has 2 aromatic rings. The van der Waals surface area contributed by atoms with Crippen LogP contribution in [0.5, 0.6) is 0 Å². The molecule has 0 radical (unpaired) electrons. The van der Waals surface area contributed by atoms with Crippen molar-refractivity contribution in [1.82, 2.24) is 10.2 Å². The van der Waals surface area contributed by atoms with Crippen molar-refractivity contribution in [1.29, 1.82) is 0 Å². The number of amides is 1. The molecule has 6 nitrogen and oxygen atoms in total. The number of hydrogen-bond acceptors (Lipinski definition) is 5. The van der Waals surface area contributed by atoms with Gasteiger partial charge in [-0.1, -0.05) is 100 Å². The Labute approximate surface area is 228 Å². The van der Waals surface area contributed by atoms with Crippen molar-refractivity contribution < 1.29 is 19.4 Å². The van der Waals surface area contributed by atoms with Crippen LogP contribution in [0.2, 0.25) is 0 Å². The number of likely N-dealkylation sites (N-methyl/N-ethyl adjacent to an activating group) is 1. The molecule has 2 aromatic carbocycles. The lowest BCUT2D eigenvalue weighted by atomic mass is 9.94. The third-order valence-electron chi connectivity index (χ3n) is 7.70. The molecule has 3 rings (SSSR count). The number of ether oxygens (including phenoxy) is 1. The smallest absolute Gasteiger partial charge is 0.308 e. The Hall–Kier alpha value is -2.70. The molecule has 1 aliphatic rings. The van der Waals surface area contributed by atoms with Crippen LogP contribution >= 0.6 is 0 Å². The van der Waals surface area contributed by atoms with Crippen LogP contribution in [-0.2, 0) is 27.2 Å². The molecule has 2 N–H and O–H groups in total. The van der Waals surface area contributed by atoms with E-state index >= 15 is 0 Å². The van der Waals surface area contributed by atoms with Gasteiger partial charge in [-0.25, -0.2) is 0 Å². The van der Waals surface area contributed by atoms with Crippen molar-refractivity contribution in [2.45, 2.75) is 95.9 Å². The highest BCUT2D eigenvalue weighted by molar-refractivity contribution is 5.80. The Bertz CT molecular complexity index is 968. The number of rotatable bonds is 10. The summed E-state index contributed by atoms with van der Waals surface area (Å²) >= 11 is 0. The zero-order chi connectivity index (χ0) is 27.3. The molecule has 0 saturated carbocycles. The highest BCUT2D eigenvalue weighted by Crippen LogP contribution is 2.22. The number of nitrogens with one attached hydrogen (secondary N) is 1. The molecule has 6 heteroatoms. The van der Waals surface area contributed by atoms with Gasteiger partial charge in [0.15, 0.2) is 0 Å². The van der Waals surface area contributed by atoms with E-state index < -0.39 is 24.1 Å². The van der Waals surface area contributed by atoms with Crippen LogP contribution in [0, 0.1) is 5.92 Å². The Morgan fingerprint density at radius 3 is 2.16 bits per heavy atom. The van der Waals surface area contributed by atoms with Crippen LogP contribution in [0.1, 0.15) is 69.9 Å². The summed E-state index contributed by atoms with van der Waals surface area (Å²) in [4.78, 5) is 28.5. The van der Waals surface area contributed by atoms with E-state index in [1.165, 1.54) is 6.42 Å². The summed E-state index contributed by atoms with van der Waals surface area (Å²) in [6, 6.07) is 19.7. The number of cyclic esters (lactones) is 1. The van der Waals surface area contributed by atoms with Crippen LogP contribution in [-0.4, -0.2) is 59.8 Å². The zero-order valence-electron chi connectivity index (χ0n) is 23.4. The fraction of sp³-hybridized carbons (Fsp3) is 0.562. The first-order valence-electron chi connectivity index (χ1n) is 14.3. The van der Waals surface area contributed by atoms with Crippen LogP contribution < -0.4 is 5.32 Å². The lowest BCUT2D eigenvalue weighted by molar-refractivity contribution is -0.157. The molecule has 38 heavy (non-hydrogen) atoms. The van der Waals surface area contributed by atoms with Gasteiger partial charge in [0.1, 0.15) is 6.10 Å². The fourth-order valence-corrected chi connectivity index (χ4v) is 5.37. The van der Waals surface area contributed by atoms with Crippen molar-refractivity contribution in [3.05, 3.63) is 71.8 Å². The molecule has 1 saturated heterocycles. The largest absolute Gasteiger partial charge is 0.461 e. The van der Waals surface area contributed by atoms with Gasteiger partial charge in [0.25, 0.3) is 0 Å². The predicted octanol–water partition coefficient (Wildman–Crippen LogP) is 4.93. The van der Waals surface area contributed by atoms with Gasteiger partial charge in [-0.05, 0) is 43.9 Å². The summed E-state index contributed by atoms with van der Waals surface area (Å²) in [5.41, 5.74) is 2.23. The molecule has 1 heterocycles. The molecule has 0 aromatic heterocycles. The standard InChI is InChI=1S/C32H46N2O4/c1-4-5-6-7-14-19-30-24(2)32(37)33-27(20-25-15-10-8-11-16-25)23-34(3)28(29(35)22-31(36)38-30)21-26-17-12-9-13-18-26/h8-13,15-18,24,27-30,35H,4-7,14,19-23H2,1-3H3,(H,33,37)/t24-,27?,28-,29+,30?/m0/s1. The van der Waals surface area contributed by atoms with E-state index in [-0.39, 0.29) is 24.4 Å². The van der Waals surface area contributed by atoms with Gasteiger partial charge >= 0.3 is 5.97 Å². The topological polar surface area (TPSA) is 78.9 Å². The molecule has 0 aliphatic carbocycles. The summed E-state index contributed by atoms with van der Waals surface area (Å²) in [7, 11) is 1.96. The molecule has 2 unspecified atom stereocenters. The van der Waals surface area contributed by atoms with Crippen molar-refractivity contribution in [3.63, 3.8) is 0 Å². The van der Waals surface area contributed by atoms with E-state index in [0.717, 1.165) is 36.8 Å². The first-order valence-corrected chi connectivity index (χ1v) is 14.3. The van der Waals surface area contributed by atoms with Crippen molar-refractivity contribution >= 4 is 11.9 Å². The summed E-state index contributed by atoms with van der Waals surface area (Å²) < 4.78 is 5.89. The minimum absolute atomic E-state index is 0.0913. The number of unbranched alkanes of at least 4 members (excludes halogenated alkanes) is 4. The lowest BCUT2D eigenvalue weighted by Gasteiger charge is -2.36. The molecule has 5 atom stereocenters. The van der Waals surface area contributed by atoms with Crippen LogP contribution in [0.15, 0.2) is 60.7 Å². The number of hydrogen-bond donors (Lipinski definition) is 2. The molecule has 0 spiro atoms. The molecule has 1 aliphatic heterocycles. The summed E-state index contributed by atoms with van der Waals surface area (Å²) in [6.45, 7) is 4.59. The Morgan fingerprint density at radius 1 is 0.921 bits per heavy atom. The number of aliphatic hydroxyl groups is 1. The average Bonchev–Trinajstić information content (AvgIpc) is 2.91. The van der Waals surface area contributed by atoms with E-state index in [9.17, 15) is 14.7 Å². The van der Waals surface area contributed by atoms with Gasteiger partial charge in [-0.3, -0.25) is 14.5 Å². The van der Waals surface area contributed by atoms with Gasteiger partial charge in [0.05, 0.1) is 18.4 Å². The molecule has 0 bridgehead atoms. The number of benzene rings is 2. The normalized spacial score (nSPS) is 25.6. The van der Waals surface area contributed by atoms with Crippen LogP contribution in [0.4, 0.5) is 0 Å². The zero-order valence-corrected chi connectivity index (χ0v) is 23.4. The molecule has 1 amide bonds. The summed E-state index contributed by atoms with van der Waals surface area (Å²) in [5, 5.41) is 14.5. The van der Waals surface area contributed by atoms with E-state index in [2.05, 4.69) is 29.3 Å². The van der Waals surface area contributed by atoms with Crippen molar-refractivity contribution in [2.24, 2.45) is 5.92 Å². The third kappa shape index (κ3) is 9.55. The monoisotopic (exact) mass is 522 g/mol. The maximum atomic E-state index is 13.5. The number of nitrogens with zero attached hydrogens (tertiary/aromatic N) is 1. The number of aliphatic hydroxyl groups excluding tert-OH is 1. The Balaban J connectivity index is 1.83. The molecule has 1 fully saturated rings. The van der Waals surface area contributed by atoms with Crippen molar-refractivity contribution in [2.75, 3.05) is 13.6 Å². The van der Waals surface area contributed by atoms with Crippen LogP contribution in [0.3, 0.4) is 0 Å². The van der Waals surface area contributed by atoms with Gasteiger partial charge in [-0.2, -0.15) is 0 Å². The third-order valence-corrected chi connectivity index (χ3v) is 7.70. The van der Waals surface area contributed by atoms with E-state index in [0.29, 0.717) is 25.8 Å². The molecular weight excluding hydrogens is 476 g/mol. The van der Waals surface area contributed by atoms with E-state index in [4.69, 9.17) is 4.74 Å². The van der Waals surface area contributed by atoms with Gasteiger partial charge in [0.2, 0.25) is 5.91 Å². The predicted molar refractivity (Wildman–Crippen MR) is 152 cm³/mol. The second-order valence-corrected chi connectivity index (χ2v) is 10.9. The van der Waals surface area contributed by atoms with Crippen molar-refractivity contribution in [3.8, 4) is 0 Å². The minimum Gasteiger partial charge on any atom is -0.461 e. The Morgan fingerprint density at radius 2 is 1.53 bits per heavy atom. The second kappa shape index (κ2) is 15.6. The van der Waals surface area contributed by atoms with E-state index in [1.54, 1.807) is 0 Å². The first-order chi connectivity index (χ1) is 18.4. The van der Waals surface area contributed by atoms with E-state index in [1.807, 2.05) is 62.5 Å². The van der Waals surface area contributed by atoms with Gasteiger partial charge in [-0.15, -0.1) is 0 Å². The summed E-state index contributed by atoms with van der Waals surface area (Å²) in [5.74, 6) is -1.000. The maximum Gasteiger partial charge on any atom is 0.308 e. The fourth-order valence-electron chi connectivity index (χ4n) is 5.37. The highest BCUT2D eigenvalue weighted by atomic mass is 16.5. The maximum absolute atomic E-state index is 13.5. The number of esters is 1. The second-order valence-electron chi connectivity index (χ2n) is 10.9. The highest BCUT2D eigenvalue weighted by Gasteiger charge is 2.34. The first kappa shape index (κ1) is 29.9. The van der Waals surface area contributed by atoms with Gasteiger partial charge in [0, 0.05) is 18.6 Å². The molecular formula is C32H46N2O4.